The van der Waals surface area contributed by atoms with Crippen molar-refractivity contribution in [2.75, 3.05) is 19.0 Å². The van der Waals surface area contributed by atoms with Crippen LogP contribution in [0.5, 0.6) is 0 Å². The van der Waals surface area contributed by atoms with Crippen LogP contribution in [0.1, 0.15) is 29.6 Å². The quantitative estimate of drug-likeness (QED) is 0.454. The molecule has 2 rings (SSSR count). The Hall–Kier alpha value is -2.75. The number of non-ortho nitro benzene ring substituents is 1. The van der Waals surface area contributed by atoms with Crippen molar-refractivity contribution in [3.05, 3.63) is 37.9 Å². The van der Waals surface area contributed by atoms with Gasteiger partial charge in [0.2, 0.25) is 0 Å². The first kappa shape index (κ1) is 17.6. The average Bonchev–Trinajstić information content (AvgIpc) is 2.96. The van der Waals surface area contributed by atoms with Crippen LogP contribution in [-0.4, -0.2) is 40.7 Å². The number of rotatable bonds is 6. The van der Waals surface area contributed by atoms with Crippen molar-refractivity contribution < 1.29 is 24.5 Å². The highest BCUT2D eigenvalue weighted by molar-refractivity contribution is 5.99. The molecule has 10 nitrogen and oxygen atoms in total. The number of nitro groups is 2. The summed E-state index contributed by atoms with van der Waals surface area (Å²) >= 11 is 0. The van der Waals surface area contributed by atoms with Gasteiger partial charge in [0.15, 0.2) is 0 Å². The highest BCUT2D eigenvalue weighted by atomic mass is 16.6. The summed E-state index contributed by atoms with van der Waals surface area (Å²) in [6.07, 6.45) is 1.73. The Kier molecular flexibility index (Phi) is 5.29. The van der Waals surface area contributed by atoms with Crippen LogP contribution in [-0.2, 0) is 4.74 Å². The molecule has 0 saturated heterocycles. The molecule has 24 heavy (non-hydrogen) atoms. The fourth-order valence-electron chi connectivity index (χ4n) is 2.81. The van der Waals surface area contributed by atoms with Crippen molar-refractivity contribution in [2.24, 2.45) is 5.92 Å². The van der Waals surface area contributed by atoms with Crippen LogP contribution in [0.4, 0.5) is 17.1 Å². The van der Waals surface area contributed by atoms with Crippen LogP contribution in [0.2, 0.25) is 0 Å². The first-order valence-electron chi connectivity index (χ1n) is 7.32. The van der Waals surface area contributed by atoms with Gasteiger partial charge in [0, 0.05) is 18.5 Å². The second-order valence-electron chi connectivity index (χ2n) is 5.53. The maximum Gasteiger partial charge on any atom is 0.340 e. The molecule has 10 heteroatoms. The predicted octanol–water partition coefficient (Wildman–Crippen LogP) is 1.86. The van der Waals surface area contributed by atoms with E-state index in [4.69, 9.17) is 0 Å². The fourth-order valence-corrected chi connectivity index (χ4v) is 2.81. The Morgan fingerprint density at radius 1 is 1.33 bits per heavy atom. The van der Waals surface area contributed by atoms with Crippen molar-refractivity contribution in [1.29, 1.82) is 0 Å². The molecule has 1 aliphatic rings. The normalized spacial score (nSPS) is 19.8. The van der Waals surface area contributed by atoms with Gasteiger partial charge in [-0.15, -0.1) is 0 Å². The summed E-state index contributed by atoms with van der Waals surface area (Å²) in [4.78, 5) is 32.5. The van der Waals surface area contributed by atoms with Gasteiger partial charge >= 0.3 is 5.97 Å². The van der Waals surface area contributed by atoms with Crippen molar-refractivity contribution in [1.82, 2.24) is 0 Å². The van der Waals surface area contributed by atoms with E-state index in [-0.39, 0.29) is 23.7 Å². The van der Waals surface area contributed by atoms with E-state index in [1.165, 1.54) is 0 Å². The molecular weight excluding hydrogens is 322 g/mol. The third kappa shape index (κ3) is 3.59. The number of hydrogen-bond acceptors (Lipinski definition) is 8. The number of anilines is 1. The maximum absolute atomic E-state index is 11.9. The van der Waals surface area contributed by atoms with Crippen LogP contribution in [0.15, 0.2) is 12.1 Å². The minimum absolute atomic E-state index is 0.106. The van der Waals surface area contributed by atoms with Crippen molar-refractivity contribution >= 4 is 23.0 Å². The van der Waals surface area contributed by atoms with Crippen molar-refractivity contribution in [3.63, 3.8) is 0 Å². The lowest BCUT2D eigenvalue weighted by molar-refractivity contribution is -0.393. The molecule has 1 saturated carbocycles. The second kappa shape index (κ2) is 7.21. The van der Waals surface area contributed by atoms with E-state index in [9.17, 15) is 30.1 Å². The van der Waals surface area contributed by atoms with Gasteiger partial charge in [0.05, 0.1) is 34.7 Å². The Morgan fingerprint density at radius 2 is 2.04 bits per heavy atom. The van der Waals surface area contributed by atoms with Gasteiger partial charge in [-0.25, -0.2) is 4.79 Å². The lowest BCUT2D eigenvalue weighted by Gasteiger charge is -2.17. The van der Waals surface area contributed by atoms with E-state index < -0.39 is 33.3 Å². The lowest BCUT2D eigenvalue weighted by Crippen LogP contribution is -2.23. The molecule has 0 unspecified atom stereocenters. The van der Waals surface area contributed by atoms with Gasteiger partial charge in [-0.05, 0) is 12.8 Å². The minimum atomic E-state index is -0.920. The largest absolute Gasteiger partial charge is 0.465 e. The molecule has 0 heterocycles. The molecule has 0 amide bonds. The Bertz CT molecular complexity index is 677. The minimum Gasteiger partial charge on any atom is -0.465 e. The SMILES string of the molecule is COC(=O)c1cc([N+](=O)[O-])cc([N+](=O)[O-])c1NC[C@@H]1CCC[C@H]1O. The van der Waals surface area contributed by atoms with Gasteiger partial charge in [0.25, 0.3) is 11.4 Å². The summed E-state index contributed by atoms with van der Waals surface area (Å²) < 4.78 is 4.57. The third-order valence-corrected chi connectivity index (χ3v) is 4.08. The van der Waals surface area contributed by atoms with Crippen molar-refractivity contribution in [2.45, 2.75) is 25.4 Å². The number of carbonyl (C=O) groups excluding carboxylic acids is 1. The first-order chi connectivity index (χ1) is 11.3. The van der Waals surface area contributed by atoms with Crippen LogP contribution < -0.4 is 5.32 Å². The summed E-state index contributed by atoms with van der Waals surface area (Å²) in [6, 6.07) is 1.73. The molecule has 0 radical (unpaired) electrons. The molecule has 1 aromatic rings. The number of methoxy groups -OCH3 is 1. The Labute approximate surface area is 136 Å². The summed E-state index contributed by atoms with van der Waals surface area (Å²) in [5.41, 5.74) is -1.59. The molecule has 2 atom stereocenters. The molecule has 0 aliphatic heterocycles. The van der Waals surface area contributed by atoms with E-state index in [2.05, 4.69) is 10.1 Å². The van der Waals surface area contributed by atoms with E-state index >= 15 is 0 Å². The summed E-state index contributed by atoms with van der Waals surface area (Å²) in [5, 5.41) is 34.8. The van der Waals surface area contributed by atoms with E-state index in [0.29, 0.717) is 6.42 Å². The Balaban J connectivity index is 2.43. The summed E-state index contributed by atoms with van der Waals surface area (Å²) in [6.45, 7) is 0.212. The van der Waals surface area contributed by atoms with Gasteiger partial charge < -0.3 is 15.2 Å². The van der Waals surface area contributed by atoms with Gasteiger partial charge in [-0.2, -0.15) is 0 Å². The Morgan fingerprint density at radius 3 is 2.54 bits per heavy atom. The number of benzene rings is 1. The number of ether oxygens (including phenoxy) is 1. The number of aliphatic hydroxyl groups is 1. The number of aliphatic hydroxyl groups excluding tert-OH is 1. The molecular formula is C14H17N3O7. The predicted molar refractivity (Wildman–Crippen MR) is 82.9 cm³/mol. The molecule has 1 aromatic carbocycles. The van der Waals surface area contributed by atoms with Crippen LogP contribution >= 0.6 is 0 Å². The zero-order valence-corrected chi connectivity index (χ0v) is 12.9. The standard InChI is InChI=1S/C14H17N3O7/c1-24-14(19)10-5-9(16(20)21)6-11(17(22)23)13(10)15-7-8-3-2-4-12(8)18/h5-6,8,12,15,18H,2-4,7H2,1H3/t8-,12+/m0/s1. The van der Waals surface area contributed by atoms with Gasteiger partial charge in [-0.3, -0.25) is 20.2 Å². The van der Waals surface area contributed by atoms with Crippen LogP contribution in [0.3, 0.4) is 0 Å². The zero-order valence-electron chi connectivity index (χ0n) is 12.9. The highest BCUT2D eigenvalue weighted by Gasteiger charge is 2.30. The highest BCUT2D eigenvalue weighted by Crippen LogP contribution is 2.35. The number of nitrogens with one attached hydrogen (secondary N) is 1. The number of esters is 1. The van der Waals surface area contributed by atoms with E-state index in [1.807, 2.05) is 0 Å². The average molecular weight is 339 g/mol. The smallest absolute Gasteiger partial charge is 0.340 e. The first-order valence-corrected chi connectivity index (χ1v) is 7.32. The third-order valence-electron chi connectivity index (χ3n) is 4.08. The molecule has 1 aliphatic carbocycles. The van der Waals surface area contributed by atoms with Gasteiger partial charge in [0.1, 0.15) is 5.69 Å². The molecule has 0 spiro atoms. The van der Waals surface area contributed by atoms with Crippen LogP contribution in [0.25, 0.3) is 0 Å². The molecule has 2 N–H and O–H groups in total. The zero-order chi connectivity index (χ0) is 17.9. The second-order valence-corrected chi connectivity index (χ2v) is 5.53. The fraction of sp³-hybridized carbons (Fsp3) is 0.500. The molecule has 130 valence electrons. The van der Waals surface area contributed by atoms with Crippen molar-refractivity contribution in [3.8, 4) is 0 Å². The number of nitro benzene ring substituents is 2. The maximum atomic E-state index is 11.9. The van der Waals surface area contributed by atoms with Crippen LogP contribution in [0, 0.1) is 26.1 Å². The lowest BCUT2D eigenvalue weighted by atomic mass is 10.0. The number of carbonyl (C=O) groups is 1. The van der Waals surface area contributed by atoms with Gasteiger partial charge in [-0.1, -0.05) is 6.42 Å². The topological polar surface area (TPSA) is 145 Å². The van der Waals surface area contributed by atoms with E-state index in [1.54, 1.807) is 0 Å². The summed E-state index contributed by atoms with van der Waals surface area (Å²) in [5.74, 6) is -1.03. The molecule has 0 aromatic heterocycles. The molecule has 1 fully saturated rings. The summed E-state index contributed by atoms with van der Waals surface area (Å²) in [7, 11) is 1.08. The number of hydrogen-bond donors (Lipinski definition) is 2. The molecule has 0 bridgehead atoms. The van der Waals surface area contributed by atoms with E-state index in [0.717, 1.165) is 32.1 Å². The number of nitrogens with zero attached hydrogens (tertiary/aromatic N) is 2. The monoisotopic (exact) mass is 339 g/mol.